The van der Waals surface area contributed by atoms with Crippen LogP contribution in [0.5, 0.6) is 0 Å². The highest BCUT2D eigenvalue weighted by Gasteiger charge is 2.39. The number of anilines is 1. The molecular formula is C13H15FN2O2. The van der Waals surface area contributed by atoms with Gasteiger partial charge in [0, 0.05) is 18.7 Å². The Kier molecular flexibility index (Phi) is 3.07. The molecule has 1 aromatic carbocycles. The van der Waals surface area contributed by atoms with E-state index >= 15 is 0 Å². The van der Waals surface area contributed by atoms with Crippen LogP contribution in [0, 0.1) is 5.82 Å². The van der Waals surface area contributed by atoms with E-state index in [2.05, 4.69) is 5.32 Å². The molecule has 1 N–H and O–H groups in total. The molecular weight excluding hydrogens is 235 g/mol. The molecule has 1 amide bonds. The molecule has 0 unspecified atom stereocenters. The lowest BCUT2D eigenvalue weighted by Crippen LogP contribution is -2.62. The fraction of sp³-hybridized carbons (Fsp3) is 0.385. The number of nitrogens with zero attached hydrogens (tertiary/aromatic N) is 1. The molecule has 0 aromatic heterocycles. The summed E-state index contributed by atoms with van der Waals surface area (Å²) >= 11 is 0. The van der Waals surface area contributed by atoms with Crippen LogP contribution in [0.1, 0.15) is 24.2 Å². The molecule has 1 aliphatic rings. The Morgan fingerprint density at radius 2 is 2.17 bits per heavy atom. The van der Waals surface area contributed by atoms with Crippen molar-refractivity contribution in [3.8, 4) is 0 Å². The molecule has 1 saturated heterocycles. The molecule has 0 saturated carbocycles. The number of carbonyl (C=O) groups excluding carboxylic acids is 2. The highest BCUT2D eigenvalue weighted by Crippen LogP contribution is 2.30. The summed E-state index contributed by atoms with van der Waals surface area (Å²) in [4.78, 5) is 24.5. The summed E-state index contributed by atoms with van der Waals surface area (Å²) < 4.78 is 14.0. The van der Waals surface area contributed by atoms with Gasteiger partial charge in [0.05, 0.1) is 5.69 Å². The van der Waals surface area contributed by atoms with E-state index in [1.54, 1.807) is 24.8 Å². The largest absolute Gasteiger partial charge is 0.353 e. The normalized spacial score (nSPS) is 18.4. The van der Waals surface area contributed by atoms with Crippen molar-refractivity contribution in [3.05, 3.63) is 29.6 Å². The first-order valence-electron chi connectivity index (χ1n) is 5.78. The van der Waals surface area contributed by atoms with E-state index in [9.17, 15) is 14.0 Å². The smallest absolute Gasteiger partial charge is 0.245 e. The average molecular weight is 250 g/mol. The number of hydrogen-bond acceptors (Lipinski definition) is 3. The molecule has 4 nitrogen and oxygen atoms in total. The third kappa shape index (κ3) is 1.85. The molecule has 0 spiro atoms. The maximum absolute atomic E-state index is 14.0. The maximum atomic E-state index is 14.0. The van der Waals surface area contributed by atoms with Crippen molar-refractivity contribution in [1.29, 1.82) is 0 Å². The second-order valence-corrected chi connectivity index (χ2v) is 4.76. The van der Waals surface area contributed by atoms with Crippen molar-refractivity contribution in [1.82, 2.24) is 5.32 Å². The number of amides is 1. The van der Waals surface area contributed by atoms with Crippen LogP contribution in [0.15, 0.2) is 18.2 Å². The second-order valence-electron chi connectivity index (χ2n) is 4.76. The van der Waals surface area contributed by atoms with Gasteiger partial charge in [0.25, 0.3) is 0 Å². The Morgan fingerprint density at radius 1 is 1.44 bits per heavy atom. The van der Waals surface area contributed by atoms with E-state index in [4.69, 9.17) is 0 Å². The lowest BCUT2D eigenvalue weighted by Gasteiger charge is -2.43. The van der Waals surface area contributed by atoms with Gasteiger partial charge in [-0.25, -0.2) is 4.39 Å². The zero-order valence-electron chi connectivity index (χ0n) is 10.4. The topological polar surface area (TPSA) is 49.4 Å². The summed E-state index contributed by atoms with van der Waals surface area (Å²) in [5, 5.41) is 2.74. The monoisotopic (exact) mass is 250 g/mol. The van der Waals surface area contributed by atoms with E-state index in [1.807, 2.05) is 0 Å². The summed E-state index contributed by atoms with van der Waals surface area (Å²) in [7, 11) is 0. The van der Waals surface area contributed by atoms with Crippen molar-refractivity contribution in [2.75, 3.05) is 18.0 Å². The number of piperazine rings is 1. The number of para-hydroxylation sites is 1. The first-order chi connectivity index (χ1) is 8.48. The first kappa shape index (κ1) is 12.5. The van der Waals surface area contributed by atoms with E-state index in [1.165, 1.54) is 12.1 Å². The Bertz CT molecular complexity index is 500. The molecule has 96 valence electrons. The number of carbonyl (C=O) groups is 2. The summed E-state index contributed by atoms with van der Waals surface area (Å²) in [5.74, 6) is -0.656. The van der Waals surface area contributed by atoms with Crippen molar-refractivity contribution in [3.63, 3.8) is 0 Å². The Hall–Kier alpha value is -1.91. The zero-order valence-corrected chi connectivity index (χ0v) is 10.4. The van der Waals surface area contributed by atoms with Crippen molar-refractivity contribution < 1.29 is 14.0 Å². The number of rotatable bonds is 2. The highest BCUT2D eigenvalue weighted by atomic mass is 19.1. The maximum Gasteiger partial charge on any atom is 0.245 e. The van der Waals surface area contributed by atoms with Crippen LogP contribution in [0.3, 0.4) is 0 Å². The van der Waals surface area contributed by atoms with E-state index in [0.29, 0.717) is 19.4 Å². The minimum absolute atomic E-state index is 0.172. The van der Waals surface area contributed by atoms with E-state index < -0.39 is 11.4 Å². The van der Waals surface area contributed by atoms with Gasteiger partial charge in [0.2, 0.25) is 5.91 Å². The van der Waals surface area contributed by atoms with E-state index in [0.717, 1.165) is 0 Å². The van der Waals surface area contributed by atoms with Gasteiger partial charge < -0.3 is 10.2 Å². The molecule has 1 heterocycles. The van der Waals surface area contributed by atoms with Crippen molar-refractivity contribution in [2.24, 2.45) is 0 Å². The summed E-state index contributed by atoms with van der Waals surface area (Å²) in [6.45, 7) is 4.33. The van der Waals surface area contributed by atoms with E-state index in [-0.39, 0.29) is 17.2 Å². The van der Waals surface area contributed by atoms with Gasteiger partial charge in [0.15, 0.2) is 6.29 Å². The van der Waals surface area contributed by atoms with Crippen LogP contribution in [0.4, 0.5) is 10.1 Å². The number of benzene rings is 1. The lowest BCUT2D eigenvalue weighted by molar-refractivity contribution is -0.126. The summed E-state index contributed by atoms with van der Waals surface area (Å²) in [6, 6.07) is 4.33. The predicted molar refractivity (Wildman–Crippen MR) is 66.2 cm³/mol. The van der Waals surface area contributed by atoms with Crippen LogP contribution < -0.4 is 10.2 Å². The average Bonchev–Trinajstić information content (AvgIpc) is 2.33. The van der Waals surface area contributed by atoms with Crippen LogP contribution >= 0.6 is 0 Å². The van der Waals surface area contributed by atoms with Crippen molar-refractivity contribution >= 4 is 17.9 Å². The first-order valence-corrected chi connectivity index (χ1v) is 5.78. The molecule has 18 heavy (non-hydrogen) atoms. The summed E-state index contributed by atoms with van der Waals surface area (Å²) in [5.41, 5.74) is -0.414. The molecule has 0 aliphatic carbocycles. The number of halogens is 1. The molecule has 2 rings (SSSR count). The molecule has 1 aromatic rings. The second kappa shape index (κ2) is 4.40. The Balaban J connectivity index is 2.54. The molecule has 0 bridgehead atoms. The number of nitrogens with one attached hydrogen (secondary N) is 1. The van der Waals surface area contributed by atoms with Crippen LogP contribution in [0.25, 0.3) is 0 Å². The van der Waals surface area contributed by atoms with Gasteiger partial charge in [-0.15, -0.1) is 0 Å². The van der Waals surface area contributed by atoms with Gasteiger partial charge >= 0.3 is 0 Å². The Morgan fingerprint density at radius 3 is 2.83 bits per heavy atom. The minimum atomic E-state index is -0.877. The molecule has 5 heteroatoms. The fourth-order valence-corrected chi connectivity index (χ4v) is 2.20. The lowest BCUT2D eigenvalue weighted by atomic mass is 9.96. The van der Waals surface area contributed by atoms with Gasteiger partial charge in [-0.1, -0.05) is 6.07 Å². The third-order valence-corrected chi connectivity index (χ3v) is 3.27. The predicted octanol–water partition coefficient (Wildman–Crippen LogP) is 1.35. The van der Waals surface area contributed by atoms with Gasteiger partial charge in [-0.2, -0.15) is 0 Å². The quantitative estimate of drug-likeness (QED) is 0.806. The van der Waals surface area contributed by atoms with Crippen molar-refractivity contribution in [2.45, 2.75) is 19.4 Å². The van der Waals surface area contributed by atoms with Crippen LogP contribution in [0.2, 0.25) is 0 Å². The Labute approximate surface area is 105 Å². The zero-order chi connectivity index (χ0) is 13.3. The highest BCUT2D eigenvalue weighted by molar-refractivity contribution is 5.93. The fourth-order valence-electron chi connectivity index (χ4n) is 2.20. The van der Waals surface area contributed by atoms with Gasteiger partial charge in [-0.05, 0) is 26.0 Å². The SMILES string of the molecule is CC1(C)C(=O)NCCN1c1c(F)cccc1C=O. The third-order valence-electron chi connectivity index (χ3n) is 3.27. The van der Waals surface area contributed by atoms with Crippen LogP contribution in [-0.4, -0.2) is 30.8 Å². The van der Waals surface area contributed by atoms with Gasteiger partial charge in [-0.3, -0.25) is 9.59 Å². The van der Waals surface area contributed by atoms with Crippen LogP contribution in [-0.2, 0) is 4.79 Å². The molecule has 0 radical (unpaired) electrons. The number of aldehydes is 1. The number of hydrogen-bond donors (Lipinski definition) is 1. The summed E-state index contributed by atoms with van der Waals surface area (Å²) in [6.07, 6.45) is 0.612. The molecule has 1 aliphatic heterocycles. The molecule has 1 fully saturated rings. The minimum Gasteiger partial charge on any atom is -0.353 e. The van der Waals surface area contributed by atoms with Gasteiger partial charge in [0.1, 0.15) is 11.4 Å². The standard InChI is InChI=1S/C13H15FN2O2/c1-13(2)12(18)15-6-7-16(13)11-9(8-17)4-3-5-10(11)14/h3-5,8H,6-7H2,1-2H3,(H,15,18). The molecule has 0 atom stereocenters.